The van der Waals surface area contributed by atoms with Crippen molar-refractivity contribution in [3.63, 3.8) is 0 Å². The fourth-order valence-electron chi connectivity index (χ4n) is 1.96. The Balaban J connectivity index is 0.000000605. The van der Waals surface area contributed by atoms with Crippen molar-refractivity contribution in [3.05, 3.63) is 0 Å². The molecule has 2 atom stereocenters. The van der Waals surface area contributed by atoms with Gasteiger partial charge in [0.1, 0.15) is 0 Å². The van der Waals surface area contributed by atoms with Gasteiger partial charge in [-0.15, -0.1) is 12.4 Å². The van der Waals surface area contributed by atoms with Crippen molar-refractivity contribution in [1.29, 1.82) is 0 Å². The summed E-state index contributed by atoms with van der Waals surface area (Å²) in [4.78, 5) is 0. The summed E-state index contributed by atoms with van der Waals surface area (Å²) < 4.78 is 0.247. The molecule has 1 saturated carbocycles. The van der Waals surface area contributed by atoms with Crippen molar-refractivity contribution in [2.24, 2.45) is 11.3 Å². The number of hydrogen-bond donors (Lipinski definition) is 1. The molecule has 0 aromatic rings. The fourth-order valence-corrected chi connectivity index (χ4v) is 4.02. The van der Waals surface area contributed by atoms with E-state index in [0.717, 1.165) is 12.5 Å². The average molecular weight is 305 g/mol. The number of rotatable bonds is 0. The topological polar surface area (TPSA) is 12.0 Å². The first kappa shape index (κ1) is 10.3. The minimum absolute atomic E-state index is 0. The normalized spacial score (nSPS) is 45.5. The van der Waals surface area contributed by atoms with Gasteiger partial charge in [0, 0.05) is 17.9 Å². The first-order valence-corrected chi connectivity index (χ1v) is 5.26. The second-order valence-electron chi connectivity index (χ2n) is 3.55. The SMILES string of the molecule is C[C@@]12CCNC[C@@H]1C2(Br)Br.Cl. The third kappa shape index (κ3) is 1.19. The fraction of sp³-hybridized carbons (Fsp3) is 1.00. The van der Waals surface area contributed by atoms with Crippen LogP contribution in [0.25, 0.3) is 0 Å². The van der Waals surface area contributed by atoms with Gasteiger partial charge in [-0.1, -0.05) is 38.8 Å². The zero-order valence-corrected chi connectivity index (χ0v) is 10.4. The quantitative estimate of drug-likeness (QED) is 0.678. The molecule has 0 radical (unpaired) electrons. The second-order valence-corrected chi connectivity index (χ2v) is 7.11. The van der Waals surface area contributed by atoms with E-state index in [0.29, 0.717) is 5.41 Å². The predicted octanol–water partition coefficient (Wildman–Crippen LogP) is 2.52. The third-order valence-corrected chi connectivity index (χ3v) is 5.97. The Morgan fingerprint density at radius 3 is 2.45 bits per heavy atom. The van der Waals surface area contributed by atoms with Crippen LogP contribution in [0, 0.1) is 11.3 Å². The highest BCUT2D eigenvalue weighted by atomic mass is 79.9. The summed E-state index contributed by atoms with van der Waals surface area (Å²) >= 11 is 7.42. The molecule has 0 amide bonds. The summed E-state index contributed by atoms with van der Waals surface area (Å²) in [5.41, 5.74) is 0.512. The Morgan fingerprint density at radius 1 is 1.45 bits per heavy atom. The van der Waals surface area contributed by atoms with E-state index < -0.39 is 0 Å². The molecular weight excluding hydrogens is 293 g/mol. The zero-order valence-electron chi connectivity index (χ0n) is 6.36. The smallest absolute Gasteiger partial charge is 0.0909 e. The van der Waals surface area contributed by atoms with Gasteiger partial charge < -0.3 is 5.32 Å². The van der Waals surface area contributed by atoms with Crippen LogP contribution < -0.4 is 5.32 Å². The number of halogens is 3. The molecule has 1 heterocycles. The number of alkyl halides is 2. The summed E-state index contributed by atoms with van der Waals surface area (Å²) in [5.74, 6) is 0.786. The molecule has 1 aliphatic carbocycles. The molecule has 66 valence electrons. The number of hydrogen-bond acceptors (Lipinski definition) is 1. The van der Waals surface area contributed by atoms with Crippen molar-refractivity contribution in [2.45, 2.75) is 16.6 Å². The van der Waals surface area contributed by atoms with Gasteiger partial charge in [0.15, 0.2) is 0 Å². The van der Waals surface area contributed by atoms with Gasteiger partial charge >= 0.3 is 0 Å². The molecular formula is C7H12Br2ClN. The maximum Gasteiger partial charge on any atom is 0.0909 e. The van der Waals surface area contributed by atoms with Gasteiger partial charge in [-0.25, -0.2) is 0 Å². The Labute approximate surface area is 90.4 Å². The summed E-state index contributed by atoms with van der Waals surface area (Å²) in [6, 6.07) is 0. The molecule has 1 saturated heterocycles. The van der Waals surface area contributed by atoms with Gasteiger partial charge in [0.05, 0.1) is 3.23 Å². The first-order chi connectivity index (χ1) is 4.59. The van der Waals surface area contributed by atoms with Crippen LogP contribution in [0.3, 0.4) is 0 Å². The van der Waals surface area contributed by atoms with Crippen LogP contribution in [0.15, 0.2) is 0 Å². The van der Waals surface area contributed by atoms with Gasteiger partial charge in [-0.3, -0.25) is 0 Å². The molecule has 1 aliphatic heterocycles. The van der Waals surface area contributed by atoms with Gasteiger partial charge in [0.2, 0.25) is 0 Å². The lowest BCUT2D eigenvalue weighted by atomic mass is 9.99. The number of piperidine rings is 1. The Morgan fingerprint density at radius 2 is 2.09 bits per heavy atom. The molecule has 2 rings (SSSR count). The monoisotopic (exact) mass is 303 g/mol. The highest BCUT2D eigenvalue weighted by molar-refractivity contribution is 9.25. The van der Waals surface area contributed by atoms with Crippen LogP contribution in [-0.4, -0.2) is 16.3 Å². The molecule has 1 N–H and O–H groups in total. The zero-order chi connectivity index (χ0) is 7.41. The highest BCUT2D eigenvalue weighted by Crippen LogP contribution is 2.73. The maximum atomic E-state index is 3.71. The van der Waals surface area contributed by atoms with E-state index in [1.165, 1.54) is 13.0 Å². The van der Waals surface area contributed by atoms with Crippen LogP contribution in [0.5, 0.6) is 0 Å². The lowest BCUT2D eigenvalue weighted by Crippen LogP contribution is -2.27. The molecule has 4 heteroatoms. The van der Waals surface area contributed by atoms with E-state index >= 15 is 0 Å². The maximum absolute atomic E-state index is 3.71. The molecule has 0 bridgehead atoms. The minimum atomic E-state index is 0. The van der Waals surface area contributed by atoms with Crippen molar-refractivity contribution in [2.75, 3.05) is 13.1 Å². The molecule has 2 fully saturated rings. The van der Waals surface area contributed by atoms with Gasteiger partial charge in [-0.2, -0.15) is 0 Å². The van der Waals surface area contributed by atoms with E-state index in [4.69, 9.17) is 0 Å². The van der Waals surface area contributed by atoms with Crippen LogP contribution in [0.1, 0.15) is 13.3 Å². The van der Waals surface area contributed by atoms with E-state index in [1.54, 1.807) is 0 Å². The molecule has 0 aromatic heterocycles. The van der Waals surface area contributed by atoms with E-state index in [2.05, 4.69) is 44.1 Å². The number of fused-ring (bicyclic) bond motifs is 1. The molecule has 0 unspecified atom stereocenters. The summed E-state index contributed by atoms with van der Waals surface area (Å²) in [5, 5.41) is 3.40. The standard InChI is InChI=1S/C7H11Br2N.ClH/c1-6-2-3-10-4-5(6)7(6,8)9;/h5,10H,2-4H2,1H3;1H/t5-,6+;/m0./s1. The third-order valence-electron chi connectivity index (χ3n) is 3.05. The van der Waals surface area contributed by atoms with Gasteiger partial charge in [0.25, 0.3) is 0 Å². The van der Waals surface area contributed by atoms with Crippen LogP contribution >= 0.6 is 44.3 Å². The molecule has 0 aromatic carbocycles. The van der Waals surface area contributed by atoms with Crippen LogP contribution in [0.2, 0.25) is 0 Å². The van der Waals surface area contributed by atoms with Crippen LogP contribution in [-0.2, 0) is 0 Å². The van der Waals surface area contributed by atoms with E-state index in [1.807, 2.05) is 0 Å². The molecule has 1 nitrogen and oxygen atoms in total. The number of nitrogens with one attached hydrogen (secondary N) is 1. The lowest BCUT2D eigenvalue weighted by molar-refractivity contribution is 0.382. The Kier molecular flexibility index (Phi) is 2.68. The van der Waals surface area contributed by atoms with Crippen molar-refractivity contribution < 1.29 is 0 Å². The van der Waals surface area contributed by atoms with Crippen molar-refractivity contribution in [1.82, 2.24) is 5.32 Å². The highest BCUT2D eigenvalue weighted by Gasteiger charge is 2.71. The Bertz CT molecular complexity index is 174. The van der Waals surface area contributed by atoms with Crippen LogP contribution in [0.4, 0.5) is 0 Å². The Hall–Kier alpha value is 1.21. The summed E-state index contributed by atoms with van der Waals surface area (Å²) in [7, 11) is 0. The van der Waals surface area contributed by atoms with Gasteiger partial charge in [-0.05, 0) is 13.0 Å². The lowest BCUT2D eigenvalue weighted by Gasteiger charge is -2.16. The van der Waals surface area contributed by atoms with E-state index in [-0.39, 0.29) is 15.6 Å². The summed E-state index contributed by atoms with van der Waals surface area (Å²) in [6.07, 6.45) is 1.29. The van der Waals surface area contributed by atoms with Crippen molar-refractivity contribution >= 4 is 44.3 Å². The first-order valence-electron chi connectivity index (χ1n) is 3.67. The largest absolute Gasteiger partial charge is 0.316 e. The average Bonchev–Trinajstić information content (AvgIpc) is 2.30. The summed E-state index contributed by atoms with van der Waals surface area (Å²) in [6.45, 7) is 4.68. The molecule has 2 aliphatic rings. The van der Waals surface area contributed by atoms with E-state index in [9.17, 15) is 0 Å². The molecule has 0 spiro atoms. The second kappa shape index (κ2) is 2.86. The predicted molar refractivity (Wildman–Crippen MR) is 56.9 cm³/mol. The van der Waals surface area contributed by atoms with Crippen molar-refractivity contribution in [3.8, 4) is 0 Å². The minimum Gasteiger partial charge on any atom is -0.316 e. The molecule has 11 heavy (non-hydrogen) atoms.